The van der Waals surface area contributed by atoms with Gasteiger partial charge in [0.2, 0.25) is 0 Å². The van der Waals surface area contributed by atoms with Crippen LogP contribution in [-0.4, -0.2) is 24.3 Å². The van der Waals surface area contributed by atoms with Crippen molar-refractivity contribution >= 4 is 5.97 Å². The van der Waals surface area contributed by atoms with Crippen LogP contribution in [0.25, 0.3) is 0 Å². The van der Waals surface area contributed by atoms with Crippen LogP contribution in [0.5, 0.6) is 0 Å². The van der Waals surface area contributed by atoms with E-state index < -0.39 is 11.1 Å². The van der Waals surface area contributed by atoms with Crippen LogP contribution in [0.3, 0.4) is 0 Å². The van der Waals surface area contributed by atoms with Crippen molar-refractivity contribution in [2.24, 2.45) is 0 Å². The highest BCUT2D eigenvalue weighted by Gasteiger charge is 2.03. The predicted octanol–water partition coefficient (Wildman–Crippen LogP) is 0.538. The molecule has 0 bridgehead atoms. The highest BCUT2D eigenvalue weighted by molar-refractivity contribution is 5.69. The lowest BCUT2D eigenvalue weighted by Gasteiger charge is -2.01. The van der Waals surface area contributed by atoms with Crippen molar-refractivity contribution in [3.63, 3.8) is 0 Å². The van der Waals surface area contributed by atoms with Gasteiger partial charge in [-0.05, 0) is 6.42 Å². The fraction of sp³-hybridized carbons (Fsp3) is 0.833. The SMILES string of the molecule is CCCOC(=O)CCO[N+](=O)[O-]. The average molecular weight is 177 g/mol. The monoisotopic (exact) mass is 177 g/mol. The first kappa shape index (κ1) is 10.7. The third-order valence-electron chi connectivity index (χ3n) is 0.970. The molecule has 0 saturated carbocycles. The van der Waals surface area contributed by atoms with E-state index >= 15 is 0 Å². The normalized spacial score (nSPS) is 9.08. The van der Waals surface area contributed by atoms with Gasteiger partial charge in [0.1, 0.15) is 6.61 Å². The molecule has 0 saturated heterocycles. The molecule has 6 heteroatoms. The zero-order valence-corrected chi connectivity index (χ0v) is 6.82. The molecule has 12 heavy (non-hydrogen) atoms. The highest BCUT2D eigenvalue weighted by Crippen LogP contribution is 1.89. The molecule has 0 atom stereocenters. The molecule has 0 fully saturated rings. The van der Waals surface area contributed by atoms with E-state index in [2.05, 4.69) is 9.57 Å². The lowest BCUT2D eigenvalue weighted by molar-refractivity contribution is -0.757. The molecular weight excluding hydrogens is 166 g/mol. The van der Waals surface area contributed by atoms with Gasteiger partial charge in [0.05, 0.1) is 13.0 Å². The summed E-state index contributed by atoms with van der Waals surface area (Å²) < 4.78 is 4.63. The smallest absolute Gasteiger partial charge is 0.307 e. The van der Waals surface area contributed by atoms with Gasteiger partial charge in [-0.15, -0.1) is 10.1 Å². The zero-order valence-electron chi connectivity index (χ0n) is 6.82. The number of esters is 1. The average Bonchev–Trinajstić information content (AvgIpc) is 2.00. The van der Waals surface area contributed by atoms with Crippen molar-refractivity contribution in [1.29, 1.82) is 0 Å². The molecule has 0 aromatic rings. The molecule has 70 valence electrons. The van der Waals surface area contributed by atoms with Crippen molar-refractivity contribution in [2.45, 2.75) is 19.8 Å². The maximum absolute atomic E-state index is 10.7. The molecule has 0 unspecified atom stereocenters. The number of rotatable bonds is 6. The number of hydrogen-bond donors (Lipinski definition) is 0. The number of carbonyl (C=O) groups is 1. The van der Waals surface area contributed by atoms with Crippen molar-refractivity contribution in [1.82, 2.24) is 0 Å². The lowest BCUT2D eigenvalue weighted by atomic mass is 10.4. The standard InChI is InChI=1S/C6H11NO5/c1-2-4-11-6(8)3-5-12-7(9)10/h2-5H2,1H3. The van der Waals surface area contributed by atoms with Crippen molar-refractivity contribution in [3.8, 4) is 0 Å². The second-order valence-electron chi connectivity index (χ2n) is 2.03. The minimum Gasteiger partial charge on any atom is -0.466 e. The summed E-state index contributed by atoms with van der Waals surface area (Å²) in [4.78, 5) is 24.2. The summed E-state index contributed by atoms with van der Waals surface area (Å²) >= 11 is 0. The Morgan fingerprint density at radius 3 is 2.67 bits per heavy atom. The quantitative estimate of drug-likeness (QED) is 0.336. The maximum atomic E-state index is 10.7. The topological polar surface area (TPSA) is 78.7 Å². The van der Waals surface area contributed by atoms with E-state index in [0.717, 1.165) is 6.42 Å². The third-order valence-corrected chi connectivity index (χ3v) is 0.970. The molecule has 0 spiro atoms. The summed E-state index contributed by atoms with van der Waals surface area (Å²) in [6, 6.07) is 0. The minimum absolute atomic E-state index is 0.0824. The van der Waals surface area contributed by atoms with Gasteiger partial charge in [0, 0.05) is 0 Å². The second kappa shape index (κ2) is 6.38. The summed E-state index contributed by atoms with van der Waals surface area (Å²) in [7, 11) is 0. The van der Waals surface area contributed by atoms with Crippen LogP contribution in [0.4, 0.5) is 0 Å². The molecule has 0 heterocycles. The Morgan fingerprint density at radius 1 is 1.50 bits per heavy atom. The molecule has 0 N–H and O–H groups in total. The molecule has 0 rings (SSSR count). The summed E-state index contributed by atoms with van der Waals surface area (Å²) in [6.45, 7) is 1.97. The first-order chi connectivity index (χ1) is 5.66. The molecule has 0 aliphatic heterocycles. The van der Waals surface area contributed by atoms with E-state index in [-0.39, 0.29) is 13.0 Å². The minimum atomic E-state index is -0.937. The molecule has 0 amide bonds. The van der Waals surface area contributed by atoms with Gasteiger partial charge in [0.15, 0.2) is 0 Å². The summed E-state index contributed by atoms with van der Waals surface area (Å²) in [5, 5.41) is 8.69. The molecular formula is C6H11NO5. The number of nitrogens with zero attached hydrogens (tertiary/aromatic N) is 1. The van der Waals surface area contributed by atoms with Gasteiger partial charge in [-0.1, -0.05) is 6.92 Å². The van der Waals surface area contributed by atoms with Crippen LogP contribution in [-0.2, 0) is 14.4 Å². The molecule has 0 aromatic carbocycles. The van der Waals surface area contributed by atoms with Crippen molar-refractivity contribution < 1.29 is 19.5 Å². The molecule has 0 aliphatic carbocycles. The van der Waals surface area contributed by atoms with Gasteiger partial charge in [-0.3, -0.25) is 4.79 Å². The largest absolute Gasteiger partial charge is 0.466 e. The van der Waals surface area contributed by atoms with Crippen molar-refractivity contribution in [2.75, 3.05) is 13.2 Å². The van der Waals surface area contributed by atoms with Gasteiger partial charge in [-0.2, -0.15) is 0 Å². The van der Waals surface area contributed by atoms with Crippen LogP contribution in [0.1, 0.15) is 19.8 Å². The first-order valence-electron chi connectivity index (χ1n) is 3.59. The van der Waals surface area contributed by atoms with E-state index in [1.165, 1.54) is 0 Å². The number of ether oxygens (including phenoxy) is 1. The summed E-state index contributed by atoms with van der Waals surface area (Å²) in [5.41, 5.74) is 0. The Hall–Kier alpha value is -1.33. The van der Waals surface area contributed by atoms with E-state index in [1.807, 2.05) is 6.92 Å². The van der Waals surface area contributed by atoms with E-state index in [9.17, 15) is 14.9 Å². The Bertz CT molecular complexity index is 158. The van der Waals surface area contributed by atoms with Crippen LogP contribution >= 0.6 is 0 Å². The van der Waals surface area contributed by atoms with E-state index in [0.29, 0.717) is 6.61 Å². The Labute approximate surface area is 69.6 Å². The molecule has 0 aromatic heterocycles. The molecule has 0 aliphatic rings. The molecule has 6 nitrogen and oxygen atoms in total. The van der Waals surface area contributed by atoms with Crippen LogP contribution < -0.4 is 0 Å². The van der Waals surface area contributed by atoms with E-state index in [4.69, 9.17) is 0 Å². The van der Waals surface area contributed by atoms with E-state index in [1.54, 1.807) is 0 Å². The number of hydrogen-bond acceptors (Lipinski definition) is 5. The van der Waals surface area contributed by atoms with Crippen LogP contribution in [0.15, 0.2) is 0 Å². The first-order valence-corrected chi connectivity index (χ1v) is 3.59. The summed E-state index contributed by atoms with van der Waals surface area (Å²) in [5.74, 6) is -0.473. The Morgan fingerprint density at radius 2 is 2.17 bits per heavy atom. The van der Waals surface area contributed by atoms with Gasteiger partial charge in [-0.25, -0.2) is 0 Å². The predicted molar refractivity (Wildman–Crippen MR) is 38.8 cm³/mol. The number of carbonyl (C=O) groups excluding carboxylic acids is 1. The Balaban J connectivity index is 3.25. The third kappa shape index (κ3) is 6.79. The van der Waals surface area contributed by atoms with Crippen LogP contribution in [0, 0.1) is 10.1 Å². The van der Waals surface area contributed by atoms with Gasteiger partial charge >= 0.3 is 5.97 Å². The molecule has 0 radical (unpaired) electrons. The lowest BCUT2D eigenvalue weighted by Crippen LogP contribution is -2.11. The van der Waals surface area contributed by atoms with Gasteiger partial charge in [0.25, 0.3) is 5.09 Å². The maximum Gasteiger partial charge on any atom is 0.307 e. The van der Waals surface area contributed by atoms with Crippen LogP contribution in [0.2, 0.25) is 0 Å². The summed E-state index contributed by atoms with van der Waals surface area (Å²) in [6.07, 6.45) is 0.656. The zero-order chi connectivity index (χ0) is 9.40. The Kier molecular flexibility index (Phi) is 5.68. The van der Waals surface area contributed by atoms with Crippen molar-refractivity contribution in [3.05, 3.63) is 10.1 Å². The second-order valence-corrected chi connectivity index (χ2v) is 2.03. The van der Waals surface area contributed by atoms with Gasteiger partial charge < -0.3 is 9.57 Å². The highest BCUT2D eigenvalue weighted by atomic mass is 16.9. The fourth-order valence-electron chi connectivity index (χ4n) is 0.492. The fourth-order valence-corrected chi connectivity index (χ4v) is 0.492.